The average Bonchev–Trinajstić information content (AvgIpc) is 2.16. The summed E-state index contributed by atoms with van der Waals surface area (Å²) in [5.41, 5.74) is 0.280. The van der Waals surface area contributed by atoms with Crippen LogP contribution in [0.15, 0.2) is 24.3 Å². The molecule has 0 radical (unpaired) electrons. The minimum Gasteiger partial charge on any atom is -0.448 e. The van der Waals surface area contributed by atoms with Gasteiger partial charge in [0.15, 0.2) is 0 Å². The van der Waals surface area contributed by atoms with Gasteiger partial charge in [-0.15, -0.1) is 0 Å². The van der Waals surface area contributed by atoms with Crippen molar-refractivity contribution in [3.8, 4) is 0 Å². The Balaban J connectivity index is 3.18. The Bertz CT molecular complexity index is 334. The lowest BCUT2D eigenvalue weighted by atomic mass is 9.54. The number of benzene rings is 1. The van der Waals surface area contributed by atoms with Crippen molar-refractivity contribution in [3.05, 3.63) is 34.9 Å². The molecule has 84 valence electrons. The summed E-state index contributed by atoms with van der Waals surface area (Å²) in [7, 11) is 0. The first kappa shape index (κ1) is 12.4. The van der Waals surface area contributed by atoms with Gasteiger partial charge in [-0.3, -0.25) is 0 Å². The summed E-state index contributed by atoms with van der Waals surface area (Å²) in [5, 5.41) is -1.28. The molecule has 0 unspecified atom stereocenters. The van der Waals surface area contributed by atoms with Crippen molar-refractivity contribution in [2.75, 3.05) is 0 Å². The lowest BCUT2D eigenvalue weighted by Crippen LogP contribution is -2.44. The molecule has 0 saturated carbocycles. The van der Waals surface area contributed by atoms with Crippen LogP contribution < -0.4 is 0 Å². The summed E-state index contributed by atoms with van der Waals surface area (Å²) in [5.74, 6) is 0. The van der Waals surface area contributed by atoms with Crippen LogP contribution in [0.25, 0.3) is 0 Å². The Morgan fingerprint density at radius 2 is 1.67 bits per heavy atom. The van der Waals surface area contributed by atoms with Crippen LogP contribution in [0.4, 0.5) is 12.9 Å². The molecule has 0 bridgehead atoms. The van der Waals surface area contributed by atoms with E-state index < -0.39 is 12.3 Å². The van der Waals surface area contributed by atoms with Gasteiger partial charge in [0.2, 0.25) is 0 Å². The summed E-state index contributed by atoms with van der Waals surface area (Å²) >= 11 is 5.64. The molecule has 0 fully saturated rings. The lowest BCUT2D eigenvalue weighted by molar-refractivity contribution is 0.372. The van der Waals surface area contributed by atoms with E-state index in [1.807, 2.05) is 0 Å². The monoisotopic (exact) mass is 235 g/mol. The summed E-state index contributed by atoms with van der Waals surface area (Å²) in [4.78, 5) is 0. The first-order chi connectivity index (χ1) is 6.81. The van der Waals surface area contributed by atoms with Crippen molar-refractivity contribution < 1.29 is 12.9 Å². The zero-order valence-electron chi connectivity index (χ0n) is 8.61. The van der Waals surface area contributed by atoms with Crippen LogP contribution in [-0.2, 0) is 5.31 Å². The molecule has 0 aliphatic rings. The van der Waals surface area contributed by atoms with Crippen molar-refractivity contribution in [1.82, 2.24) is 0 Å². The number of hydrogen-bond donors (Lipinski definition) is 0. The Kier molecular flexibility index (Phi) is 3.39. The Hall–Kier alpha value is -0.635. The minimum atomic E-state index is -4.90. The second kappa shape index (κ2) is 4.09. The van der Waals surface area contributed by atoms with E-state index in [1.54, 1.807) is 6.92 Å². The van der Waals surface area contributed by atoms with Gasteiger partial charge in [-0.1, -0.05) is 49.6 Å². The molecule has 0 heterocycles. The van der Waals surface area contributed by atoms with Crippen LogP contribution in [0.2, 0.25) is 5.02 Å². The summed E-state index contributed by atoms with van der Waals surface area (Å²) in [6.07, 6.45) is 0.0398. The molecule has 0 spiro atoms. The molecule has 0 aliphatic heterocycles. The molecular weight excluding hydrogens is 223 g/mol. The maximum absolute atomic E-state index is 12.9. The Labute approximate surface area is 92.5 Å². The van der Waals surface area contributed by atoms with Crippen molar-refractivity contribution in [2.45, 2.75) is 25.6 Å². The van der Waals surface area contributed by atoms with E-state index in [-0.39, 0.29) is 12.0 Å². The van der Waals surface area contributed by atoms with Crippen molar-refractivity contribution in [3.63, 3.8) is 0 Å². The normalized spacial score (nSPS) is 16.1. The van der Waals surface area contributed by atoms with Gasteiger partial charge in [0, 0.05) is 5.02 Å². The Morgan fingerprint density at radius 1 is 1.20 bits per heavy atom. The predicted molar refractivity (Wildman–Crippen MR) is 58.2 cm³/mol. The smallest absolute Gasteiger partial charge is 0.448 e. The number of hydrogen-bond acceptors (Lipinski definition) is 0. The first-order valence-corrected chi connectivity index (χ1v) is 5.14. The van der Waals surface area contributed by atoms with E-state index in [9.17, 15) is 12.9 Å². The molecule has 1 rings (SSSR count). The molecule has 0 aromatic heterocycles. The van der Waals surface area contributed by atoms with E-state index in [2.05, 4.69) is 0 Å². The van der Waals surface area contributed by atoms with Crippen LogP contribution in [0.1, 0.15) is 25.8 Å². The van der Waals surface area contributed by atoms with Crippen molar-refractivity contribution in [2.24, 2.45) is 0 Å². The highest BCUT2D eigenvalue weighted by Crippen LogP contribution is 2.39. The van der Waals surface area contributed by atoms with Crippen LogP contribution in [-0.4, -0.2) is 6.98 Å². The van der Waals surface area contributed by atoms with Gasteiger partial charge >= 0.3 is 6.98 Å². The van der Waals surface area contributed by atoms with E-state index >= 15 is 0 Å². The molecule has 0 N–H and O–H groups in total. The van der Waals surface area contributed by atoms with Gasteiger partial charge in [-0.2, -0.15) is 0 Å². The third kappa shape index (κ3) is 2.31. The zero-order valence-corrected chi connectivity index (χ0v) is 9.36. The SMILES string of the molecule is CC[C@](C)(c1ccc(Cl)cc1)[B-](F)(F)F. The average molecular weight is 235 g/mol. The Morgan fingerprint density at radius 3 is 2.00 bits per heavy atom. The molecular formula is C10H12BClF3-. The van der Waals surface area contributed by atoms with E-state index in [1.165, 1.54) is 31.2 Å². The largest absolute Gasteiger partial charge is 0.488 e. The quantitative estimate of drug-likeness (QED) is 0.682. The minimum absolute atomic E-state index is 0.0398. The number of halogens is 4. The predicted octanol–water partition coefficient (Wildman–Crippen LogP) is 4.39. The van der Waals surface area contributed by atoms with Gasteiger partial charge in [-0.05, 0) is 17.4 Å². The summed E-state index contributed by atoms with van der Waals surface area (Å²) in [6, 6.07) is 5.88. The number of rotatable bonds is 3. The standard InChI is InChI=1S/C10H12BClF3/c1-3-10(2,11(13,14)15)8-4-6-9(12)7-5-8/h4-7H,3H2,1-2H3/q-1/t10-/m1/s1. The summed E-state index contributed by atoms with van der Waals surface area (Å²) in [6.45, 7) is -2.12. The highest BCUT2D eigenvalue weighted by molar-refractivity contribution is 6.62. The third-order valence-corrected chi connectivity index (χ3v) is 3.21. The van der Waals surface area contributed by atoms with E-state index in [0.29, 0.717) is 5.02 Å². The molecule has 0 saturated heterocycles. The van der Waals surface area contributed by atoms with Crippen LogP contribution in [0.3, 0.4) is 0 Å². The van der Waals surface area contributed by atoms with Gasteiger partial charge < -0.3 is 12.9 Å². The lowest BCUT2D eigenvalue weighted by Gasteiger charge is -2.38. The van der Waals surface area contributed by atoms with Crippen molar-refractivity contribution >= 4 is 18.6 Å². The fraction of sp³-hybridized carbons (Fsp3) is 0.400. The first-order valence-electron chi connectivity index (χ1n) is 4.76. The summed E-state index contributed by atoms with van der Waals surface area (Å²) < 4.78 is 38.8. The zero-order chi connectivity index (χ0) is 11.7. The fourth-order valence-electron chi connectivity index (χ4n) is 1.46. The van der Waals surface area contributed by atoms with Crippen LogP contribution in [0.5, 0.6) is 0 Å². The molecule has 5 heteroatoms. The molecule has 0 nitrogen and oxygen atoms in total. The maximum atomic E-state index is 12.9. The van der Waals surface area contributed by atoms with Crippen LogP contribution >= 0.6 is 11.6 Å². The highest BCUT2D eigenvalue weighted by Gasteiger charge is 2.45. The van der Waals surface area contributed by atoms with Gasteiger partial charge in [0.25, 0.3) is 0 Å². The maximum Gasteiger partial charge on any atom is 0.488 e. The second-order valence-corrected chi connectivity index (χ2v) is 4.29. The molecule has 0 amide bonds. The fourth-order valence-corrected chi connectivity index (χ4v) is 1.58. The van der Waals surface area contributed by atoms with E-state index in [4.69, 9.17) is 11.6 Å². The van der Waals surface area contributed by atoms with E-state index in [0.717, 1.165) is 0 Å². The highest BCUT2D eigenvalue weighted by atomic mass is 35.5. The van der Waals surface area contributed by atoms with Crippen molar-refractivity contribution in [1.29, 1.82) is 0 Å². The van der Waals surface area contributed by atoms with Crippen LogP contribution in [0, 0.1) is 0 Å². The molecule has 15 heavy (non-hydrogen) atoms. The van der Waals surface area contributed by atoms with Gasteiger partial charge in [0.05, 0.1) is 0 Å². The van der Waals surface area contributed by atoms with Gasteiger partial charge in [-0.25, -0.2) is 0 Å². The molecule has 1 atom stereocenters. The topological polar surface area (TPSA) is 0 Å². The molecule has 1 aromatic rings. The molecule has 1 aromatic carbocycles. The van der Waals surface area contributed by atoms with Gasteiger partial charge in [0.1, 0.15) is 0 Å². The third-order valence-electron chi connectivity index (χ3n) is 2.96. The molecule has 0 aliphatic carbocycles. The second-order valence-electron chi connectivity index (χ2n) is 3.85.